The SMILES string of the molecule is CNC(C)(CCCOc1c(C)cccc1C)C(=O)OC. The average molecular weight is 279 g/mol. The van der Waals surface area contributed by atoms with Gasteiger partial charge in [0.2, 0.25) is 0 Å². The number of para-hydroxylation sites is 1. The summed E-state index contributed by atoms with van der Waals surface area (Å²) in [6.45, 7) is 6.50. The molecule has 20 heavy (non-hydrogen) atoms. The summed E-state index contributed by atoms with van der Waals surface area (Å²) in [7, 11) is 3.17. The lowest BCUT2D eigenvalue weighted by Gasteiger charge is -2.26. The van der Waals surface area contributed by atoms with E-state index in [1.54, 1.807) is 7.05 Å². The van der Waals surface area contributed by atoms with Crippen molar-refractivity contribution in [2.24, 2.45) is 0 Å². The van der Waals surface area contributed by atoms with Crippen LogP contribution in [0.25, 0.3) is 0 Å². The number of ether oxygens (including phenoxy) is 2. The summed E-state index contributed by atoms with van der Waals surface area (Å²) < 4.78 is 10.7. The Morgan fingerprint density at radius 2 is 1.90 bits per heavy atom. The average Bonchev–Trinajstić information content (AvgIpc) is 2.44. The fraction of sp³-hybridized carbons (Fsp3) is 0.562. The highest BCUT2D eigenvalue weighted by Crippen LogP contribution is 2.23. The van der Waals surface area contributed by atoms with Crippen molar-refractivity contribution in [1.82, 2.24) is 5.32 Å². The Kier molecular flexibility index (Phi) is 6.02. The first-order chi connectivity index (χ1) is 9.44. The molecule has 0 radical (unpaired) electrons. The molecule has 0 saturated heterocycles. The Balaban J connectivity index is 2.51. The molecule has 0 aromatic heterocycles. The Bertz CT molecular complexity index is 439. The minimum atomic E-state index is -0.654. The van der Waals surface area contributed by atoms with E-state index >= 15 is 0 Å². The molecule has 1 atom stereocenters. The van der Waals surface area contributed by atoms with Gasteiger partial charge in [0.15, 0.2) is 0 Å². The first-order valence-corrected chi connectivity index (χ1v) is 6.91. The Labute approximate surface area is 121 Å². The molecule has 0 aliphatic heterocycles. The summed E-state index contributed by atoms with van der Waals surface area (Å²) in [5, 5.41) is 3.02. The third-order valence-corrected chi connectivity index (χ3v) is 3.66. The summed E-state index contributed by atoms with van der Waals surface area (Å²) in [4.78, 5) is 11.7. The highest BCUT2D eigenvalue weighted by molar-refractivity contribution is 5.80. The van der Waals surface area contributed by atoms with Gasteiger partial charge in [0.05, 0.1) is 13.7 Å². The van der Waals surface area contributed by atoms with Crippen LogP contribution in [-0.4, -0.2) is 32.3 Å². The third-order valence-electron chi connectivity index (χ3n) is 3.66. The lowest BCUT2D eigenvalue weighted by atomic mass is 9.96. The number of likely N-dealkylation sites (N-methyl/N-ethyl adjacent to an activating group) is 1. The second-order valence-corrected chi connectivity index (χ2v) is 5.25. The molecule has 112 valence electrons. The fourth-order valence-corrected chi connectivity index (χ4v) is 2.18. The van der Waals surface area contributed by atoms with Gasteiger partial charge in [-0.15, -0.1) is 0 Å². The van der Waals surface area contributed by atoms with Crippen LogP contribution < -0.4 is 10.1 Å². The molecule has 0 heterocycles. The normalized spacial score (nSPS) is 13.7. The van der Waals surface area contributed by atoms with E-state index < -0.39 is 5.54 Å². The van der Waals surface area contributed by atoms with Gasteiger partial charge < -0.3 is 14.8 Å². The first kappa shape index (κ1) is 16.5. The number of nitrogens with one attached hydrogen (secondary N) is 1. The van der Waals surface area contributed by atoms with Crippen molar-refractivity contribution in [3.63, 3.8) is 0 Å². The molecule has 0 saturated carbocycles. The van der Waals surface area contributed by atoms with Crippen LogP contribution in [0.4, 0.5) is 0 Å². The van der Waals surface area contributed by atoms with E-state index in [1.807, 2.05) is 39.0 Å². The van der Waals surface area contributed by atoms with Crippen molar-refractivity contribution >= 4 is 5.97 Å². The zero-order chi connectivity index (χ0) is 15.2. The van der Waals surface area contributed by atoms with Gasteiger partial charge in [-0.2, -0.15) is 0 Å². The van der Waals surface area contributed by atoms with Gasteiger partial charge in [-0.3, -0.25) is 4.79 Å². The maximum atomic E-state index is 11.7. The van der Waals surface area contributed by atoms with E-state index in [0.717, 1.165) is 23.3 Å². The Morgan fingerprint density at radius 1 is 1.30 bits per heavy atom. The van der Waals surface area contributed by atoms with Crippen molar-refractivity contribution in [3.8, 4) is 5.75 Å². The van der Waals surface area contributed by atoms with E-state index in [0.29, 0.717) is 13.0 Å². The van der Waals surface area contributed by atoms with Crippen molar-refractivity contribution in [1.29, 1.82) is 0 Å². The molecule has 1 unspecified atom stereocenters. The smallest absolute Gasteiger partial charge is 0.325 e. The summed E-state index contributed by atoms with van der Waals surface area (Å²) in [6.07, 6.45) is 1.45. The number of hydrogen-bond donors (Lipinski definition) is 1. The summed E-state index contributed by atoms with van der Waals surface area (Å²) in [5.41, 5.74) is 1.61. The zero-order valence-electron chi connectivity index (χ0n) is 13.1. The monoisotopic (exact) mass is 279 g/mol. The molecule has 0 aliphatic carbocycles. The number of benzene rings is 1. The molecular weight excluding hydrogens is 254 g/mol. The number of hydrogen-bond acceptors (Lipinski definition) is 4. The summed E-state index contributed by atoms with van der Waals surface area (Å²) >= 11 is 0. The minimum Gasteiger partial charge on any atom is -0.493 e. The van der Waals surface area contributed by atoms with Gasteiger partial charge in [-0.25, -0.2) is 0 Å². The summed E-state index contributed by atoms with van der Waals surface area (Å²) in [5.74, 6) is 0.698. The van der Waals surface area contributed by atoms with Crippen LogP contribution in [0.1, 0.15) is 30.9 Å². The van der Waals surface area contributed by atoms with Crippen molar-refractivity contribution in [3.05, 3.63) is 29.3 Å². The second kappa shape index (κ2) is 7.29. The lowest BCUT2D eigenvalue weighted by molar-refractivity contribution is -0.148. The maximum absolute atomic E-state index is 11.7. The van der Waals surface area contributed by atoms with E-state index in [1.165, 1.54) is 7.11 Å². The molecule has 1 N–H and O–H groups in total. The summed E-state index contributed by atoms with van der Waals surface area (Å²) in [6, 6.07) is 6.09. The fourth-order valence-electron chi connectivity index (χ4n) is 2.18. The molecule has 0 fully saturated rings. The molecule has 0 amide bonds. The standard InChI is InChI=1S/C16H25NO3/c1-12-8-6-9-13(2)14(12)20-11-7-10-16(3,17-4)15(18)19-5/h6,8-9,17H,7,10-11H2,1-5H3. The second-order valence-electron chi connectivity index (χ2n) is 5.25. The lowest BCUT2D eigenvalue weighted by Crippen LogP contribution is -2.48. The highest BCUT2D eigenvalue weighted by atomic mass is 16.5. The molecule has 4 nitrogen and oxygen atoms in total. The van der Waals surface area contributed by atoms with Gasteiger partial charge in [0.25, 0.3) is 0 Å². The molecule has 1 rings (SSSR count). The molecule has 1 aromatic carbocycles. The largest absolute Gasteiger partial charge is 0.493 e. The van der Waals surface area contributed by atoms with Gasteiger partial charge in [0.1, 0.15) is 11.3 Å². The topological polar surface area (TPSA) is 47.6 Å². The van der Waals surface area contributed by atoms with Crippen molar-refractivity contribution in [2.75, 3.05) is 20.8 Å². The number of carbonyl (C=O) groups is 1. The Hall–Kier alpha value is -1.55. The van der Waals surface area contributed by atoms with E-state index in [2.05, 4.69) is 5.32 Å². The molecule has 1 aromatic rings. The first-order valence-electron chi connectivity index (χ1n) is 6.91. The number of esters is 1. The van der Waals surface area contributed by atoms with Crippen LogP contribution >= 0.6 is 0 Å². The predicted molar refractivity (Wildman–Crippen MR) is 80.1 cm³/mol. The van der Waals surface area contributed by atoms with Crippen molar-refractivity contribution < 1.29 is 14.3 Å². The zero-order valence-corrected chi connectivity index (χ0v) is 13.1. The highest BCUT2D eigenvalue weighted by Gasteiger charge is 2.31. The number of carbonyl (C=O) groups excluding carboxylic acids is 1. The van der Waals surface area contributed by atoms with Gasteiger partial charge in [0, 0.05) is 0 Å². The molecule has 0 spiro atoms. The number of rotatable bonds is 7. The molecule has 0 bridgehead atoms. The van der Waals surface area contributed by atoms with Crippen LogP contribution in [-0.2, 0) is 9.53 Å². The minimum absolute atomic E-state index is 0.243. The van der Waals surface area contributed by atoms with E-state index in [9.17, 15) is 4.79 Å². The molecule has 0 aliphatic rings. The van der Waals surface area contributed by atoms with E-state index in [4.69, 9.17) is 9.47 Å². The third kappa shape index (κ3) is 3.97. The van der Waals surface area contributed by atoms with Crippen LogP contribution in [0.15, 0.2) is 18.2 Å². The van der Waals surface area contributed by atoms with Crippen LogP contribution in [0.5, 0.6) is 5.75 Å². The van der Waals surface area contributed by atoms with Crippen LogP contribution in [0, 0.1) is 13.8 Å². The molecule has 4 heteroatoms. The van der Waals surface area contributed by atoms with Crippen molar-refractivity contribution in [2.45, 2.75) is 39.2 Å². The quantitative estimate of drug-likeness (QED) is 0.615. The van der Waals surface area contributed by atoms with Gasteiger partial charge in [-0.05, 0) is 51.8 Å². The number of methoxy groups -OCH3 is 1. The Morgan fingerprint density at radius 3 is 2.40 bits per heavy atom. The van der Waals surface area contributed by atoms with Crippen LogP contribution in [0.3, 0.4) is 0 Å². The number of aryl methyl sites for hydroxylation is 2. The predicted octanol–water partition coefficient (Wildman–Crippen LogP) is 2.61. The van der Waals surface area contributed by atoms with Gasteiger partial charge in [-0.1, -0.05) is 18.2 Å². The maximum Gasteiger partial charge on any atom is 0.325 e. The van der Waals surface area contributed by atoms with Crippen LogP contribution in [0.2, 0.25) is 0 Å². The van der Waals surface area contributed by atoms with Gasteiger partial charge >= 0.3 is 5.97 Å². The van der Waals surface area contributed by atoms with E-state index in [-0.39, 0.29) is 5.97 Å². The molecular formula is C16H25NO3.